The molecule has 0 N–H and O–H groups in total. The van der Waals surface area contributed by atoms with Crippen LogP contribution >= 0.6 is 0 Å². The zero-order valence-corrected chi connectivity index (χ0v) is 14.0. The van der Waals surface area contributed by atoms with E-state index in [4.69, 9.17) is 0 Å². The van der Waals surface area contributed by atoms with E-state index in [1.54, 1.807) is 6.07 Å². The zero-order chi connectivity index (χ0) is 17.4. The fourth-order valence-electron chi connectivity index (χ4n) is 3.28. The lowest BCUT2D eigenvalue weighted by molar-refractivity contribution is -0.122. The number of pyridine rings is 1. The van der Waals surface area contributed by atoms with Crippen molar-refractivity contribution in [2.45, 2.75) is 19.8 Å². The highest BCUT2D eigenvalue weighted by Crippen LogP contribution is 2.29. The maximum Gasteiger partial charge on any atom is 0.238 e. The maximum absolute atomic E-state index is 12.8. The van der Waals surface area contributed by atoms with Crippen molar-refractivity contribution in [1.82, 2.24) is 4.98 Å². The van der Waals surface area contributed by atoms with E-state index < -0.39 is 0 Å². The number of aromatic nitrogens is 1. The number of aryl methyl sites for hydroxylation is 1. The lowest BCUT2D eigenvalue weighted by atomic mass is 9.97. The quantitative estimate of drug-likeness (QED) is 0.689. The average Bonchev–Trinajstić information content (AvgIpc) is 2.90. The van der Waals surface area contributed by atoms with Crippen LogP contribution in [0.5, 0.6) is 0 Å². The van der Waals surface area contributed by atoms with Gasteiger partial charge in [0.15, 0.2) is 0 Å². The van der Waals surface area contributed by atoms with Crippen molar-refractivity contribution in [2.24, 2.45) is 5.92 Å². The van der Waals surface area contributed by atoms with E-state index in [0.29, 0.717) is 12.2 Å². The van der Waals surface area contributed by atoms with Crippen LogP contribution in [0.4, 0.5) is 5.82 Å². The third-order valence-corrected chi connectivity index (χ3v) is 4.66. The highest BCUT2D eigenvalue weighted by molar-refractivity contribution is 6.20. The predicted octanol–water partition coefficient (Wildman–Crippen LogP) is 3.67. The van der Waals surface area contributed by atoms with E-state index in [2.05, 4.69) is 4.98 Å². The minimum Gasteiger partial charge on any atom is -0.274 e. The predicted molar refractivity (Wildman–Crippen MR) is 97.2 cm³/mol. The third-order valence-electron chi connectivity index (χ3n) is 4.66. The second-order valence-electron chi connectivity index (χ2n) is 6.52. The normalized spacial score (nSPS) is 17.5. The van der Waals surface area contributed by atoms with Crippen LogP contribution in [0, 0.1) is 12.8 Å². The number of hydrogen-bond acceptors (Lipinski definition) is 3. The molecule has 2 amide bonds. The van der Waals surface area contributed by atoms with Gasteiger partial charge in [-0.2, -0.15) is 0 Å². The summed E-state index contributed by atoms with van der Waals surface area (Å²) in [7, 11) is 0. The second kappa shape index (κ2) is 6.13. The summed E-state index contributed by atoms with van der Waals surface area (Å²) in [6, 6.07) is 19.4. The topological polar surface area (TPSA) is 50.3 Å². The summed E-state index contributed by atoms with van der Waals surface area (Å²) >= 11 is 0. The molecule has 124 valence electrons. The van der Waals surface area contributed by atoms with Crippen molar-refractivity contribution in [2.75, 3.05) is 4.90 Å². The standard InChI is InChI=1S/C21H18N2O2/c1-14-6-8-15(9-7-14)12-17-13-20(24)23(21(17)25)19-11-10-16-4-2-3-5-18(16)22-19/h2-11,17H,12-13H2,1H3/t17-/m0/s1. The van der Waals surface area contributed by atoms with Gasteiger partial charge in [-0.25, -0.2) is 9.88 Å². The zero-order valence-electron chi connectivity index (χ0n) is 14.0. The van der Waals surface area contributed by atoms with Crippen LogP contribution in [-0.2, 0) is 16.0 Å². The Bertz CT molecular complexity index is 963. The molecule has 0 aliphatic carbocycles. The van der Waals surface area contributed by atoms with E-state index >= 15 is 0 Å². The first-order chi connectivity index (χ1) is 12.1. The first kappa shape index (κ1) is 15.5. The molecular weight excluding hydrogens is 312 g/mol. The van der Waals surface area contributed by atoms with Crippen molar-refractivity contribution in [3.8, 4) is 0 Å². The molecule has 1 aliphatic rings. The van der Waals surface area contributed by atoms with Crippen molar-refractivity contribution in [3.05, 3.63) is 71.8 Å². The Balaban J connectivity index is 1.60. The van der Waals surface area contributed by atoms with Crippen LogP contribution in [0.2, 0.25) is 0 Å². The fourth-order valence-corrected chi connectivity index (χ4v) is 3.28. The number of nitrogens with zero attached hydrogens (tertiary/aromatic N) is 2. The minimum absolute atomic E-state index is 0.159. The van der Waals surface area contributed by atoms with E-state index in [9.17, 15) is 9.59 Å². The molecular formula is C21H18N2O2. The van der Waals surface area contributed by atoms with Crippen molar-refractivity contribution in [1.29, 1.82) is 0 Å². The molecule has 4 heteroatoms. The molecule has 3 aromatic rings. The molecule has 1 saturated heterocycles. The highest BCUT2D eigenvalue weighted by Gasteiger charge is 2.40. The van der Waals surface area contributed by atoms with Crippen LogP contribution in [0.25, 0.3) is 10.9 Å². The van der Waals surface area contributed by atoms with E-state index in [1.165, 1.54) is 10.5 Å². The molecule has 0 bridgehead atoms. The van der Waals surface area contributed by atoms with Gasteiger partial charge in [0.2, 0.25) is 11.8 Å². The molecule has 25 heavy (non-hydrogen) atoms. The van der Waals surface area contributed by atoms with Gasteiger partial charge in [-0.1, -0.05) is 48.0 Å². The van der Waals surface area contributed by atoms with Gasteiger partial charge in [0.25, 0.3) is 0 Å². The number of rotatable bonds is 3. The summed E-state index contributed by atoms with van der Waals surface area (Å²) < 4.78 is 0. The van der Waals surface area contributed by atoms with Gasteiger partial charge in [0, 0.05) is 11.8 Å². The van der Waals surface area contributed by atoms with Gasteiger partial charge >= 0.3 is 0 Å². The smallest absolute Gasteiger partial charge is 0.238 e. The summed E-state index contributed by atoms with van der Waals surface area (Å²) in [4.78, 5) is 31.0. The molecule has 4 rings (SSSR count). The molecule has 4 nitrogen and oxygen atoms in total. The average molecular weight is 330 g/mol. The monoisotopic (exact) mass is 330 g/mol. The number of fused-ring (bicyclic) bond motifs is 1. The Kier molecular flexibility index (Phi) is 3.80. The van der Waals surface area contributed by atoms with Gasteiger partial charge in [0.1, 0.15) is 5.82 Å². The van der Waals surface area contributed by atoms with Crippen LogP contribution in [-0.4, -0.2) is 16.8 Å². The highest BCUT2D eigenvalue weighted by atomic mass is 16.2. The fraction of sp³-hybridized carbons (Fsp3) is 0.190. The van der Waals surface area contributed by atoms with Crippen LogP contribution in [0.3, 0.4) is 0 Å². The molecule has 2 heterocycles. The first-order valence-corrected chi connectivity index (χ1v) is 8.40. The number of imide groups is 1. The van der Waals surface area contributed by atoms with Crippen LogP contribution < -0.4 is 4.90 Å². The number of benzene rings is 2. The third kappa shape index (κ3) is 2.91. The van der Waals surface area contributed by atoms with Crippen molar-refractivity contribution >= 4 is 28.5 Å². The summed E-state index contributed by atoms with van der Waals surface area (Å²) in [5, 5.41) is 0.988. The van der Waals surface area contributed by atoms with E-state index in [0.717, 1.165) is 16.5 Å². The summed E-state index contributed by atoms with van der Waals surface area (Å²) in [6.45, 7) is 2.03. The SMILES string of the molecule is Cc1ccc(C[C@H]2CC(=O)N(c3ccc4ccccc4n3)C2=O)cc1. The minimum atomic E-state index is -0.316. The number of carbonyl (C=O) groups is 2. The van der Waals surface area contributed by atoms with Crippen LogP contribution in [0.1, 0.15) is 17.5 Å². The van der Waals surface area contributed by atoms with Crippen molar-refractivity contribution in [3.63, 3.8) is 0 Å². The van der Waals surface area contributed by atoms with Crippen molar-refractivity contribution < 1.29 is 9.59 Å². The largest absolute Gasteiger partial charge is 0.274 e. The molecule has 2 aromatic carbocycles. The maximum atomic E-state index is 12.8. The molecule has 1 aromatic heterocycles. The van der Waals surface area contributed by atoms with E-state index in [-0.39, 0.29) is 24.2 Å². The number of anilines is 1. The molecule has 0 spiro atoms. The number of carbonyl (C=O) groups excluding carboxylic acids is 2. The summed E-state index contributed by atoms with van der Waals surface area (Å²) in [6.07, 6.45) is 0.816. The van der Waals surface area contributed by atoms with E-state index in [1.807, 2.05) is 61.5 Å². The summed E-state index contributed by atoms with van der Waals surface area (Å²) in [5.41, 5.74) is 3.03. The molecule has 1 aliphatic heterocycles. The Labute approximate surface area is 146 Å². The van der Waals surface area contributed by atoms with Gasteiger partial charge in [0.05, 0.1) is 11.4 Å². The molecule has 0 saturated carbocycles. The Morgan fingerprint density at radius 2 is 1.76 bits per heavy atom. The lowest BCUT2D eigenvalue weighted by Gasteiger charge is -2.14. The lowest BCUT2D eigenvalue weighted by Crippen LogP contribution is -2.31. The van der Waals surface area contributed by atoms with Crippen LogP contribution in [0.15, 0.2) is 60.7 Å². The van der Waals surface area contributed by atoms with Gasteiger partial charge in [-0.15, -0.1) is 0 Å². The van der Waals surface area contributed by atoms with Gasteiger partial charge in [-0.05, 0) is 37.1 Å². The number of hydrogen-bond donors (Lipinski definition) is 0. The van der Waals surface area contributed by atoms with Gasteiger partial charge < -0.3 is 0 Å². The second-order valence-corrected chi connectivity index (χ2v) is 6.52. The molecule has 0 unspecified atom stereocenters. The molecule has 1 atom stereocenters. The molecule has 1 fully saturated rings. The summed E-state index contributed by atoms with van der Waals surface area (Å²) in [5.74, 6) is -0.234. The Morgan fingerprint density at radius 1 is 1.00 bits per heavy atom. The Morgan fingerprint density at radius 3 is 2.56 bits per heavy atom. The number of para-hydroxylation sites is 1. The number of amides is 2. The first-order valence-electron chi connectivity index (χ1n) is 8.40. The Hall–Kier alpha value is -3.01. The molecule has 0 radical (unpaired) electrons. The van der Waals surface area contributed by atoms with Gasteiger partial charge in [-0.3, -0.25) is 9.59 Å².